The summed E-state index contributed by atoms with van der Waals surface area (Å²) in [5.41, 5.74) is -0.943. The number of hydrogen-bond donors (Lipinski definition) is 3. The van der Waals surface area contributed by atoms with Gasteiger partial charge >= 0.3 is 5.97 Å². The van der Waals surface area contributed by atoms with Gasteiger partial charge in [-0.15, -0.1) is 11.8 Å². The zero-order chi connectivity index (χ0) is 24.6. The van der Waals surface area contributed by atoms with Gasteiger partial charge < -0.3 is 20.3 Å². The molecule has 0 bridgehead atoms. The molecule has 12 heteroatoms. The fraction of sp³-hybridized carbons (Fsp3) is 0.800. The normalized spacial score (nSPS) is 15.7. The van der Waals surface area contributed by atoms with Crippen LogP contribution in [-0.4, -0.2) is 73.5 Å². The summed E-state index contributed by atoms with van der Waals surface area (Å²) >= 11 is 8.10. The van der Waals surface area contributed by atoms with Gasteiger partial charge in [-0.3, -0.25) is 9.59 Å². The maximum absolute atomic E-state index is 13.0. The Labute approximate surface area is 213 Å². The maximum Gasteiger partial charge on any atom is 0.305 e. The first kappa shape index (κ1) is 31.8. The lowest BCUT2D eigenvalue weighted by atomic mass is 9.78. The number of rotatable bonds is 16. The zero-order valence-electron chi connectivity index (χ0n) is 19.0. The third-order valence-corrected chi connectivity index (χ3v) is 9.20. The van der Waals surface area contributed by atoms with Crippen LogP contribution in [0.1, 0.15) is 47.0 Å². The second kappa shape index (κ2) is 17.3. The molecule has 184 valence electrons. The molecule has 0 aliphatic carbocycles. The fourth-order valence-corrected chi connectivity index (χ4v) is 7.45. The smallest absolute Gasteiger partial charge is 0.305 e. The number of hydrogen-bond acceptors (Lipinski definition) is 11. The lowest BCUT2D eigenvalue weighted by Crippen LogP contribution is -2.47. The van der Waals surface area contributed by atoms with Crippen LogP contribution >= 0.6 is 57.3 Å². The van der Waals surface area contributed by atoms with Gasteiger partial charge in [0.2, 0.25) is 5.91 Å². The second-order valence-electron chi connectivity index (χ2n) is 7.51. The molecule has 0 radical (unpaired) electrons. The van der Waals surface area contributed by atoms with Gasteiger partial charge in [0.15, 0.2) is 0 Å². The van der Waals surface area contributed by atoms with Crippen molar-refractivity contribution in [3.63, 3.8) is 0 Å². The molecule has 0 spiro atoms. The lowest BCUT2D eigenvalue weighted by Gasteiger charge is -2.34. The number of thioether (sulfide) groups is 2. The van der Waals surface area contributed by atoms with E-state index < -0.39 is 16.3 Å². The van der Waals surface area contributed by atoms with E-state index in [1.165, 1.54) is 45.1 Å². The molecule has 0 aromatic carbocycles. The van der Waals surface area contributed by atoms with Crippen LogP contribution in [-0.2, 0) is 14.3 Å². The predicted molar refractivity (Wildman–Crippen MR) is 142 cm³/mol. The Morgan fingerprint density at radius 3 is 2.50 bits per heavy atom. The van der Waals surface area contributed by atoms with Crippen molar-refractivity contribution in [2.75, 3.05) is 37.0 Å². The van der Waals surface area contributed by atoms with E-state index >= 15 is 0 Å². The van der Waals surface area contributed by atoms with Crippen LogP contribution in [0.2, 0.25) is 0 Å². The van der Waals surface area contributed by atoms with Crippen LogP contribution in [0.4, 0.5) is 0 Å². The van der Waals surface area contributed by atoms with E-state index in [1.54, 1.807) is 20.8 Å². The van der Waals surface area contributed by atoms with Gasteiger partial charge in [0.1, 0.15) is 10.1 Å². The summed E-state index contributed by atoms with van der Waals surface area (Å²) in [5, 5.41) is 30.8. The standard InChI is InChI=1S/C20H34N2O5S5/c1-5-29-18(28)32-20(4,17(26)22-12-15(2)24)13-19(3,14-21)7-6-16(25)27-9-11-31-30-10-8-23/h15,23-24H,5-13H2,1-4H3,(H,22,26). The molecule has 7 nitrogen and oxygen atoms in total. The molecule has 0 saturated heterocycles. The van der Waals surface area contributed by atoms with Crippen molar-refractivity contribution in [1.29, 1.82) is 5.26 Å². The summed E-state index contributed by atoms with van der Waals surface area (Å²) in [7, 11) is 3.04. The number of amides is 1. The third-order valence-electron chi connectivity index (χ3n) is 4.18. The molecule has 0 heterocycles. The molecule has 3 N–H and O–H groups in total. The van der Waals surface area contributed by atoms with Gasteiger partial charge in [-0.25, -0.2) is 0 Å². The van der Waals surface area contributed by atoms with E-state index in [9.17, 15) is 20.0 Å². The largest absolute Gasteiger partial charge is 0.465 e. The van der Waals surface area contributed by atoms with Crippen molar-refractivity contribution in [3.8, 4) is 6.07 Å². The van der Waals surface area contributed by atoms with Crippen molar-refractivity contribution in [2.24, 2.45) is 5.41 Å². The molecule has 0 aromatic rings. The Morgan fingerprint density at radius 2 is 1.94 bits per heavy atom. The van der Waals surface area contributed by atoms with Crippen molar-refractivity contribution in [3.05, 3.63) is 0 Å². The Kier molecular flexibility index (Phi) is 17.2. The first-order valence-electron chi connectivity index (χ1n) is 10.3. The molecule has 32 heavy (non-hydrogen) atoms. The topological polar surface area (TPSA) is 120 Å². The van der Waals surface area contributed by atoms with Gasteiger partial charge in [-0.05, 0) is 39.4 Å². The quantitative estimate of drug-likeness (QED) is 0.115. The molecule has 0 aromatic heterocycles. The van der Waals surface area contributed by atoms with E-state index in [0.29, 0.717) is 15.0 Å². The zero-order valence-corrected chi connectivity index (χ0v) is 23.1. The average Bonchev–Trinajstić information content (AvgIpc) is 2.72. The van der Waals surface area contributed by atoms with Gasteiger partial charge in [0.05, 0.1) is 28.9 Å². The number of carbonyl (C=O) groups excluding carboxylic acids is 2. The van der Waals surface area contributed by atoms with Gasteiger partial charge in [0.25, 0.3) is 0 Å². The van der Waals surface area contributed by atoms with Crippen molar-refractivity contribution in [2.45, 2.75) is 57.8 Å². The van der Waals surface area contributed by atoms with Crippen molar-refractivity contribution < 1.29 is 24.5 Å². The molecule has 0 aliphatic heterocycles. The highest BCUT2D eigenvalue weighted by Crippen LogP contribution is 2.42. The molecule has 0 rings (SSSR count). The molecule has 0 aliphatic rings. The summed E-state index contributed by atoms with van der Waals surface area (Å²) in [5.74, 6) is 1.33. The predicted octanol–water partition coefficient (Wildman–Crippen LogP) is 3.63. The van der Waals surface area contributed by atoms with Crippen LogP contribution in [0.3, 0.4) is 0 Å². The highest BCUT2D eigenvalue weighted by Gasteiger charge is 2.42. The molecule has 3 atom stereocenters. The second-order valence-corrected chi connectivity index (χ2v) is 14.2. The highest BCUT2D eigenvalue weighted by atomic mass is 33.1. The van der Waals surface area contributed by atoms with Crippen LogP contribution in [0, 0.1) is 16.7 Å². The minimum absolute atomic E-state index is 0.0721. The number of nitrogens with one attached hydrogen (secondary N) is 1. The first-order chi connectivity index (χ1) is 15.0. The summed E-state index contributed by atoms with van der Waals surface area (Å²) < 4.78 is 4.80. The number of carbonyl (C=O) groups is 2. The molecule has 1 amide bonds. The van der Waals surface area contributed by atoms with Gasteiger partial charge in [0, 0.05) is 24.5 Å². The third kappa shape index (κ3) is 14.2. The first-order valence-corrected chi connectivity index (χ1v) is 15.0. The molecular weight excluding hydrogens is 509 g/mol. The number of thiocarbonyl (C=S) groups is 1. The van der Waals surface area contributed by atoms with E-state index in [-0.39, 0.29) is 50.9 Å². The Bertz CT molecular complexity index is 646. The number of aliphatic hydroxyl groups is 2. The lowest BCUT2D eigenvalue weighted by molar-refractivity contribution is -0.143. The van der Waals surface area contributed by atoms with Crippen LogP contribution < -0.4 is 5.32 Å². The number of nitriles is 1. The Morgan fingerprint density at radius 1 is 1.28 bits per heavy atom. The summed E-state index contributed by atoms with van der Waals surface area (Å²) in [4.78, 5) is 25.1. The van der Waals surface area contributed by atoms with Crippen molar-refractivity contribution >= 4 is 72.7 Å². The molecule has 0 fully saturated rings. The van der Waals surface area contributed by atoms with E-state index in [1.807, 2.05) is 6.92 Å². The SMILES string of the molecule is CCSC(=S)SC(C)(CC(C)(C#N)CCC(=O)OCCSSCCO)C(=O)NCC(C)O. The van der Waals surface area contributed by atoms with E-state index in [4.69, 9.17) is 22.1 Å². The van der Waals surface area contributed by atoms with Gasteiger partial charge in [-0.1, -0.05) is 52.5 Å². The minimum Gasteiger partial charge on any atom is -0.465 e. The maximum atomic E-state index is 13.0. The average molecular weight is 543 g/mol. The number of esters is 1. The molecule has 0 saturated carbocycles. The minimum atomic E-state index is -1.02. The fourth-order valence-electron chi connectivity index (χ4n) is 2.64. The number of nitrogens with zero attached hydrogens (tertiary/aromatic N) is 1. The Hall–Kier alpha value is -0.160. The summed E-state index contributed by atoms with van der Waals surface area (Å²) in [6.45, 7) is 7.51. The Balaban J connectivity index is 5.02. The van der Waals surface area contributed by atoms with Gasteiger partial charge in [-0.2, -0.15) is 5.26 Å². The highest BCUT2D eigenvalue weighted by molar-refractivity contribution is 8.76. The van der Waals surface area contributed by atoms with E-state index in [0.717, 1.165) is 5.75 Å². The summed E-state index contributed by atoms with van der Waals surface area (Å²) in [6.07, 6.45) is -0.175. The number of aliphatic hydroxyl groups excluding tert-OH is 2. The molecular formula is C20H34N2O5S5. The molecule has 3 unspecified atom stereocenters. The monoisotopic (exact) mass is 542 g/mol. The van der Waals surface area contributed by atoms with Crippen molar-refractivity contribution in [1.82, 2.24) is 5.32 Å². The summed E-state index contributed by atoms with van der Waals surface area (Å²) in [6, 6.07) is 2.27. The number of ether oxygens (including phenoxy) is 1. The van der Waals surface area contributed by atoms with Crippen LogP contribution in [0.15, 0.2) is 0 Å². The van der Waals surface area contributed by atoms with Crippen LogP contribution in [0.5, 0.6) is 0 Å². The van der Waals surface area contributed by atoms with E-state index in [2.05, 4.69) is 11.4 Å². The van der Waals surface area contributed by atoms with Crippen LogP contribution in [0.25, 0.3) is 0 Å².